The highest BCUT2D eigenvalue weighted by atomic mass is 19.1. The van der Waals surface area contributed by atoms with Crippen molar-refractivity contribution >= 4 is 23.0 Å². The van der Waals surface area contributed by atoms with Gasteiger partial charge in [0.05, 0.1) is 6.54 Å². The van der Waals surface area contributed by atoms with Gasteiger partial charge in [-0.15, -0.1) is 0 Å². The van der Waals surface area contributed by atoms with Crippen LogP contribution in [0.15, 0.2) is 42.6 Å². The van der Waals surface area contributed by atoms with Gasteiger partial charge in [-0.2, -0.15) is 0 Å². The van der Waals surface area contributed by atoms with Crippen molar-refractivity contribution in [3.05, 3.63) is 65.2 Å². The number of piperazine rings is 1. The third-order valence-electron chi connectivity index (χ3n) is 7.27. The predicted molar refractivity (Wildman–Crippen MR) is 125 cm³/mol. The molecule has 34 heavy (non-hydrogen) atoms. The lowest BCUT2D eigenvalue weighted by atomic mass is 9.98. The summed E-state index contributed by atoms with van der Waals surface area (Å²) in [6.45, 7) is 5.75. The second kappa shape index (κ2) is 8.48. The fourth-order valence-corrected chi connectivity index (χ4v) is 5.45. The Morgan fingerprint density at radius 1 is 1.06 bits per heavy atom. The van der Waals surface area contributed by atoms with E-state index in [-0.39, 0.29) is 17.8 Å². The molecule has 3 aliphatic rings. The largest absolute Gasteiger partial charge is 0.327 e. The molecule has 0 aliphatic carbocycles. The Bertz CT molecular complexity index is 1250. The summed E-state index contributed by atoms with van der Waals surface area (Å²) >= 11 is 0. The molecule has 0 spiro atoms. The van der Waals surface area contributed by atoms with Crippen molar-refractivity contribution in [1.82, 2.24) is 29.6 Å². The van der Waals surface area contributed by atoms with Crippen LogP contribution >= 0.6 is 0 Å². The van der Waals surface area contributed by atoms with Crippen LogP contribution in [0.1, 0.15) is 16.8 Å². The normalized spacial score (nSPS) is 20.8. The van der Waals surface area contributed by atoms with E-state index in [1.807, 2.05) is 12.1 Å². The van der Waals surface area contributed by atoms with E-state index >= 15 is 0 Å². The number of pyridine rings is 1. The topological polar surface area (TPSA) is 73.7 Å². The van der Waals surface area contributed by atoms with Crippen LogP contribution in [-0.2, 0) is 24.3 Å². The van der Waals surface area contributed by atoms with Crippen molar-refractivity contribution in [3.63, 3.8) is 0 Å². The van der Waals surface area contributed by atoms with Gasteiger partial charge in [-0.05, 0) is 35.4 Å². The zero-order valence-electron chi connectivity index (χ0n) is 18.9. The quantitative estimate of drug-likeness (QED) is 0.586. The molecule has 2 fully saturated rings. The molecule has 2 saturated heterocycles. The number of aromatic nitrogens is 2. The number of halogens is 1. The number of hydrogen-bond donors (Lipinski definition) is 1. The number of nitrogens with zero attached hydrogens (tertiary/aromatic N) is 5. The van der Waals surface area contributed by atoms with E-state index in [9.17, 15) is 14.0 Å². The Morgan fingerprint density at radius 2 is 1.85 bits per heavy atom. The average molecular weight is 463 g/mol. The zero-order valence-corrected chi connectivity index (χ0v) is 18.9. The number of rotatable bonds is 5. The molecule has 1 atom stereocenters. The highest BCUT2D eigenvalue weighted by molar-refractivity contribution is 6.05. The summed E-state index contributed by atoms with van der Waals surface area (Å²) in [7, 11) is 0. The second-order valence-electron chi connectivity index (χ2n) is 9.22. The number of benzene rings is 1. The average Bonchev–Trinajstić information content (AvgIpc) is 3.30. The summed E-state index contributed by atoms with van der Waals surface area (Å²) in [5.41, 5.74) is 3.86. The van der Waals surface area contributed by atoms with E-state index in [2.05, 4.69) is 19.8 Å². The summed E-state index contributed by atoms with van der Waals surface area (Å²) in [5, 5.41) is 4.34. The van der Waals surface area contributed by atoms with E-state index in [1.165, 1.54) is 17.0 Å². The predicted octanol–water partition coefficient (Wildman–Crippen LogP) is 1.82. The number of fused-ring (bicyclic) bond motifs is 4. The summed E-state index contributed by atoms with van der Waals surface area (Å²) < 4.78 is 15.5. The molecule has 0 bridgehead atoms. The first-order chi connectivity index (χ1) is 16.6. The Kier molecular flexibility index (Phi) is 5.30. The number of hydrogen-bond acceptors (Lipinski definition) is 5. The van der Waals surface area contributed by atoms with Gasteiger partial charge in [0.25, 0.3) is 5.91 Å². The Labute approximate surface area is 196 Å². The van der Waals surface area contributed by atoms with Crippen molar-refractivity contribution in [2.45, 2.75) is 25.6 Å². The molecule has 0 radical (unpaired) electrons. The van der Waals surface area contributed by atoms with E-state index in [4.69, 9.17) is 0 Å². The van der Waals surface area contributed by atoms with Gasteiger partial charge in [0.1, 0.15) is 17.5 Å². The second-order valence-corrected chi connectivity index (χ2v) is 9.22. The van der Waals surface area contributed by atoms with Crippen LogP contribution in [0.2, 0.25) is 0 Å². The van der Waals surface area contributed by atoms with Crippen molar-refractivity contribution < 1.29 is 14.0 Å². The highest BCUT2D eigenvalue weighted by Gasteiger charge is 2.48. The number of carbonyl (C=O) groups excluding carboxylic acids is 2. The molecular weight excluding hydrogens is 435 g/mol. The molecule has 3 aliphatic heterocycles. The maximum absolute atomic E-state index is 13.4. The Morgan fingerprint density at radius 3 is 2.65 bits per heavy atom. The zero-order chi connectivity index (χ0) is 23.2. The van der Waals surface area contributed by atoms with Crippen LogP contribution in [0.3, 0.4) is 0 Å². The molecule has 176 valence electrons. The summed E-state index contributed by atoms with van der Waals surface area (Å²) in [6, 6.07) is 9.70. The molecule has 0 saturated carbocycles. The van der Waals surface area contributed by atoms with E-state index in [0.717, 1.165) is 54.0 Å². The van der Waals surface area contributed by atoms with Gasteiger partial charge in [0.2, 0.25) is 0 Å². The first-order valence-corrected chi connectivity index (χ1v) is 11.8. The first-order valence-electron chi connectivity index (χ1n) is 11.8. The molecule has 9 heteroatoms. The molecular formula is C25H27FN6O2. The van der Waals surface area contributed by atoms with E-state index < -0.39 is 6.04 Å². The molecule has 1 aromatic carbocycles. The molecule has 3 amide bonds. The van der Waals surface area contributed by atoms with Crippen molar-refractivity contribution in [2.24, 2.45) is 0 Å². The van der Waals surface area contributed by atoms with Gasteiger partial charge < -0.3 is 14.8 Å². The maximum Gasteiger partial charge on any atom is 0.327 e. The summed E-state index contributed by atoms with van der Waals surface area (Å²) in [5.74, 6) is -0.375. The lowest BCUT2D eigenvalue weighted by Gasteiger charge is -2.29. The van der Waals surface area contributed by atoms with Crippen LogP contribution in [0.25, 0.3) is 11.0 Å². The molecule has 8 nitrogen and oxygen atoms in total. The fraction of sp³-hybridized carbons (Fsp3) is 0.400. The minimum Gasteiger partial charge on any atom is -0.323 e. The van der Waals surface area contributed by atoms with Gasteiger partial charge in [0.15, 0.2) is 0 Å². The summed E-state index contributed by atoms with van der Waals surface area (Å²) in [4.78, 5) is 36.6. The van der Waals surface area contributed by atoms with Crippen LogP contribution < -0.4 is 5.32 Å². The minimum atomic E-state index is -0.465. The lowest BCUT2D eigenvalue weighted by molar-refractivity contribution is -0.128. The number of urea groups is 1. The monoisotopic (exact) mass is 462 g/mol. The van der Waals surface area contributed by atoms with Gasteiger partial charge >= 0.3 is 6.03 Å². The summed E-state index contributed by atoms with van der Waals surface area (Å²) in [6.07, 6.45) is 2.24. The standard InChI is InChI=1S/C25H27FN6O2/c26-18-5-3-17(4-6-18)15-31-22-16-32-21(14-20(22)19-2-1-7-28-23(19)31)24(33)30(25(32)34)13-12-29-10-8-27-9-11-29/h1-7,21,27H,8-16H2. The fourth-order valence-electron chi connectivity index (χ4n) is 5.45. The van der Waals surface area contributed by atoms with Crippen LogP contribution in [0, 0.1) is 5.82 Å². The number of nitrogens with one attached hydrogen (secondary N) is 1. The van der Waals surface area contributed by atoms with E-state index in [1.54, 1.807) is 23.2 Å². The minimum absolute atomic E-state index is 0.103. The third-order valence-corrected chi connectivity index (χ3v) is 7.27. The smallest absolute Gasteiger partial charge is 0.323 e. The van der Waals surface area contributed by atoms with Crippen molar-refractivity contribution in [3.8, 4) is 0 Å². The van der Waals surface area contributed by atoms with Crippen molar-refractivity contribution in [2.75, 3.05) is 39.3 Å². The van der Waals surface area contributed by atoms with E-state index in [0.29, 0.717) is 32.6 Å². The van der Waals surface area contributed by atoms with Crippen LogP contribution in [0.5, 0.6) is 0 Å². The molecule has 2 aromatic heterocycles. The molecule has 5 heterocycles. The Balaban J connectivity index is 1.29. The Hall–Kier alpha value is -3.30. The number of amides is 3. The molecule has 3 aromatic rings. The lowest BCUT2D eigenvalue weighted by Crippen LogP contribution is -2.47. The number of imide groups is 1. The molecule has 6 rings (SSSR count). The van der Waals surface area contributed by atoms with Gasteiger partial charge in [-0.1, -0.05) is 12.1 Å². The van der Waals surface area contributed by atoms with Crippen LogP contribution in [0.4, 0.5) is 9.18 Å². The maximum atomic E-state index is 13.4. The highest BCUT2D eigenvalue weighted by Crippen LogP contribution is 2.36. The number of carbonyl (C=O) groups is 2. The van der Waals surface area contributed by atoms with Crippen molar-refractivity contribution in [1.29, 1.82) is 0 Å². The van der Waals surface area contributed by atoms with Gasteiger partial charge in [0, 0.05) is 69.5 Å². The first kappa shape index (κ1) is 21.2. The van der Waals surface area contributed by atoms with Crippen LogP contribution in [-0.4, -0.2) is 81.5 Å². The SMILES string of the molecule is O=C1C2Cc3c(n(Cc4ccc(F)cc4)c4ncccc34)CN2C(=O)N1CCN1CCNCC1. The third kappa shape index (κ3) is 3.56. The molecule has 1 N–H and O–H groups in total. The van der Waals surface area contributed by atoms with Gasteiger partial charge in [-0.25, -0.2) is 14.2 Å². The van der Waals surface area contributed by atoms with Gasteiger partial charge in [-0.3, -0.25) is 14.6 Å². The molecule has 1 unspecified atom stereocenters.